The van der Waals surface area contributed by atoms with Crippen molar-refractivity contribution in [1.82, 2.24) is 0 Å². The van der Waals surface area contributed by atoms with Crippen LogP contribution in [0.2, 0.25) is 0 Å². The van der Waals surface area contributed by atoms with Gasteiger partial charge in [0.2, 0.25) is 0 Å². The number of unbranched alkanes of at least 4 members (excludes halogenated alkanes) is 1. The molecule has 2 aliphatic rings. The Hall–Kier alpha value is -0.880. The molecule has 0 aromatic rings. The van der Waals surface area contributed by atoms with Gasteiger partial charge in [-0.05, 0) is 56.3 Å². The normalized spacial score (nSPS) is 33.7. The zero-order chi connectivity index (χ0) is 21.2. The van der Waals surface area contributed by atoms with E-state index in [1.165, 1.54) is 7.11 Å². The van der Waals surface area contributed by atoms with Crippen LogP contribution >= 0.6 is 11.6 Å². The maximum Gasteiger partial charge on any atom is 0.305 e. The van der Waals surface area contributed by atoms with Gasteiger partial charge in [-0.3, -0.25) is 4.79 Å². The highest BCUT2D eigenvalue weighted by molar-refractivity contribution is 6.17. The molecule has 0 bridgehead atoms. The molecular formula is C23H37ClO5. The molecule has 5 nitrogen and oxygen atoms in total. The van der Waals surface area contributed by atoms with Crippen LogP contribution in [0.4, 0.5) is 0 Å². The molecule has 0 saturated heterocycles. The lowest BCUT2D eigenvalue weighted by Crippen LogP contribution is -2.21. The van der Waals surface area contributed by atoms with Gasteiger partial charge in [-0.1, -0.05) is 30.7 Å². The van der Waals surface area contributed by atoms with E-state index in [2.05, 4.69) is 4.74 Å². The van der Waals surface area contributed by atoms with Crippen LogP contribution in [-0.4, -0.2) is 52.6 Å². The summed E-state index contributed by atoms with van der Waals surface area (Å²) in [5.41, 5.74) is 0. The fourth-order valence-electron chi connectivity index (χ4n) is 4.78. The average Bonchev–Trinajstić information content (AvgIpc) is 3.27. The molecule has 29 heavy (non-hydrogen) atoms. The summed E-state index contributed by atoms with van der Waals surface area (Å²) in [6.07, 6.45) is 13.3. The van der Waals surface area contributed by atoms with Gasteiger partial charge in [0, 0.05) is 24.6 Å². The fraction of sp³-hybridized carbons (Fsp3) is 0.783. The SMILES string of the molecule is COC(=O)CCCC=CC[C@@H]1[C@@H](C=C[C@@H](O)C2CCC(CCCl)C2)[C@H](O)C[C@@H]1O. The molecular weight excluding hydrogens is 392 g/mol. The lowest BCUT2D eigenvalue weighted by Gasteiger charge is -2.21. The molecule has 0 heterocycles. The Bertz CT molecular complexity index is 549. The number of aliphatic hydroxyl groups is 3. The predicted octanol–water partition coefficient (Wildman–Crippen LogP) is 3.60. The molecule has 0 aromatic heterocycles. The molecule has 2 aliphatic carbocycles. The summed E-state index contributed by atoms with van der Waals surface area (Å²) in [5.74, 6) is 1.13. The number of hydrogen-bond donors (Lipinski definition) is 3. The average molecular weight is 429 g/mol. The summed E-state index contributed by atoms with van der Waals surface area (Å²) in [5, 5.41) is 31.3. The van der Waals surface area contributed by atoms with Crippen LogP contribution in [0.25, 0.3) is 0 Å². The molecule has 7 atom stereocenters. The van der Waals surface area contributed by atoms with E-state index >= 15 is 0 Å². The van der Waals surface area contributed by atoms with E-state index in [9.17, 15) is 20.1 Å². The predicted molar refractivity (Wildman–Crippen MR) is 115 cm³/mol. The van der Waals surface area contributed by atoms with Gasteiger partial charge >= 0.3 is 5.97 Å². The minimum Gasteiger partial charge on any atom is -0.469 e. The van der Waals surface area contributed by atoms with Crippen LogP contribution in [0.15, 0.2) is 24.3 Å². The van der Waals surface area contributed by atoms with E-state index in [-0.39, 0.29) is 23.7 Å². The number of allylic oxidation sites excluding steroid dienone is 2. The van der Waals surface area contributed by atoms with E-state index in [0.717, 1.165) is 38.5 Å². The molecule has 3 N–H and O–H groups in total. The van der Waals surface area contributed by atoms with E-state index in [4.69, 9.17) is 11.6 Å². The molecule has 0 radical (unpaired) electrons. The summed E-state index contributed by atoms with van der Waals surface area (Å²) in [4.78, 5) is 11.1. The Labute approximate surface area is 179 Å². The van der Waals surface area contributed by atoms with Crippen LogP contribution in [0, 0.1) is 23.7 Å². The first-order valence-electron chi connectivity index (χ1n) is 11.0. The first kappa shape index (κ1) is 24.4. The third-order valence-electron chi connectivity index (χ3n) is 6.58. The summed E-state index contributed by atoms with van der Waals surface area (Å²) < 4.78 is 4.62. The third kappa shape index (κ3) is 7.71. The van der Waals surface area contributed by atoms with Crippen LogP contribution in [0.1, 0.15) is 57.8 Å². The zero-order valence-electron chi connectivity index (χ0n) is 17.5. The van der Waals surface area contributed by atoms with Crippen molar-refractivity contribution in [3.8, 4) is 0 Å². The van der Waals surface area contributed by atoms with E-state index < -0.39 is 18.3 Å². The topological polar surface area (TPSA) is 87.0 Å². The number of rotatable bonds is 11. The molecule has 6 heteroatoms. The van der Waals surface area contributed by atoms with Gasteiger partial charge in [0.1, 0.15) is 0 Å². The van der Waals surface area contributed by atoms with Crippen LogP contribution in [0.3, 0.4) is 0 Å². The van der Waals surface area contributed by atoms with Crippen molar-refractivity contribution in [2.24, 2.45) is 23.7 Å². The van der Waals surface area contributed by atoms with Gasteiger partial charge < -0.3 is 20.1 Å². The van der Waals surface area contributed by atoms with Crippen molar-refractivity contribution in [3.05, 3.63) is 24.3 Å². The van der Waals surface area contributed by atoms with Crippen LogP contribution in [-0.2, 0) is 9.53 Å². The third-order valence-corrected chi connectivity index (χ3v) is 6.80. The van der Waals surface area contributed by atoms with Crippen molar-refractivity contribution in [3.63, 3.8) is 0 Å². The maximum atomic E-state index is 11.1. The molecule has 166 valence electrons. The second-order valence-electron chi connectivity index (χ2n) is 8.58. The summed E-state index contributed by atoms with van der Waals surface area (Å²) >= 11 is 5.84. The van der Waals surface area contributed by atoms with E-state index in [1.807, 2.05) is 24.3 Å². The van der Waals surface area contributed by atoms with Gasteiger partial charge in [0.25, 0.3) is 0 Å². The second kappa shape index (κ2) is 12.7. The number of carbonyl (C=O) groups is 1. The van der Waals surface area contributed by atoms with Gasteiger partial charge in [-0.15, -0.1) is 11.6 Å². The van der Waals surface area contributed by atoms with Gasteiger partial charge in [-0.2, -0.15) is 0 Å². The monoisotopic (exact) mass is 428 g/mol. The van der Waals surface area contributed by atoms with E-state index in [1.54, 1.807) is 0 Å². The number of halogens is 1. The molecule has 0 aliphatic heterocycles. The van der Waals surface area contributed by atoms with Gasteiger partial charge in [-0.25, -0.2) is 0 Å². The standard InChI is InChI=1S/C23H37ClO5/c1-29-23(28)7-5-3-2-4-6-18-19(22(27)15-21(18)26)10-11-20(25)17-9-8-16(14-17)12-13-24/h2,4,10-11,16-22,25-27H,3,5-9,12-15H2,1H3/t16?,17?,18-,19-,20-,21+,22-/m1/s1. The number of methoxy groups -OCH3 is 1. The van der Waals surface area contributed by atoms with Gasteiger partial charge in [0.15, 0.2) is 0 Å². The second-order valence-corrected chi connectivity index (χ2v) is 8.96. The van der Waals surface area contributed by atoms with Crippen molar-refractivity contribution < 1.29 is 24.9 Å². The van der Waals surface area contributed by atoms with Gasteiger partial charge in [0.05, 0.1) is 25.4 Å². The van der Waals surface area contributed by atoms with Crippen molar-refractivity contribution in [2.75, 3.05) is 13.0 Å². The number of esters is 1. The van der Waals surface area contributed by atoms with Crippen LogP contribution < -0.4 is 0 Å². The number of carbonyl (C=O) groups excluding carboxylic acids is 1. The summed E-state index contributed by atoms with van der Waals surface area (Å²) in [7, 11) is 1.39. The van der Waals surface area contributed by atoms with Crippen LogP contribution in [0.5, 0.6) is 0 Å². The summed E-state index contributed by atoms with van der Waals surface area (Å²) in [6.45, 7) is 0. The molecule has 2 saturated carbocycles. The molecule has 0 spiro atoms. The van der Waals surface area contributed by atoms with Crippen molar-refractivity contribution in [2.45, 2.75) is 76.1 Å². The lowest BCUT2D eigenvalue weighted by atomic mass is 9.88. The molecule has 0 amide bonds. The molecule has 2 fully saturated rings. The number of ether oxygens (including phenoxy) is 1. The highest BCUT2D eigenvalue weighted by atomic mass is 35.5. The Kier molecular flexibility index (Phi) is 10.7. The highest BCUT2D eigenvalue weighted by Crippen LogP contribution is 2.38. The van der Waals surface area contributed by atoms with Crippen molar-refractivity contribution in [1.29, 1.82) is 0 Å². The van der Waals surface area contributed by atoms with E-state index in [0.29, 0.717) is 31.1 Å². The largest absolute Gasteiger partial charge is 0.469 e. The Morgan fingerprint density at radius 2 is 2.00 bits per heavy atom. The molecule has 0 aromatic carbocycles. The highest BCUT2D eigenvalue weighted by Gasteiger charge is 2.39. The number of alkyl halides is 1. The van der Waals surface area contributed by atoms with Crippen molar-refractivity contribution >= 4 is 17.6 Å². The zero-order valence-corrected chi connectivity index (χ0v) is 18.2. The molecule has 2 unspecified atom stereocenters. The smallest absolute Gasteiger partial charge is 0.305 e. The molecule has 2 rings (SSSR count). The Morgan fingerprint density at radius 1 is 1.21 bits per heavy atom. The Balaban J connectivity index is 1.82. The maximum absolute atomic E-state index is 11.1. The fourth-order valence-corrected chi connectivity index (χ4v) is 5.09. The number of aliphatic hydroxyl groups excluding tert-OH is 3. The Morgan fingerprint density at radius 3 is 2.72 bits per heavy atom. The minimum atomic E-state index is -0.584. The quantitative estimate of drug-likeness (QED) is 0.202. The number of hydrogen-bond acceptors (Lipinski definition) is 5. The minimum absolute atomic E-state index is 0.0575. The first-order chi connectivity index (χ1) is 14.0. The lowest BCUT2D eigenvalue weighted by molar-refractivity contribution is -0.140. The summed E-state index contributed by atoms with van der Waals surface area (Å²) in [6, 6.07) is 0. The first-order valence-corrected chi connectivity index (χ1v) is 11.5.